The van der Waals surface area contributed by atoms with Gasteiger partial charge in [0.2, 0.25) is 6.79 Å². The molecule has 5 rings (SSSR count). The number of benzene rings is 1. The molecule has 0 atom stereocenters. The van der Waals surface area contributed by atoms with E-state index in [1.807, 2.05) is 25.1 Å². The third-order valence-corrected chi connectivity index (χ3v) is 6.46. The van der Waals surface area contributed by atoms with Crippen molar-refractivity contribution in [1.29, 1.82) is 0 Å². The number of nitrogens with zero attached hydrogens (tertiary/aromatic N) is 4. The number of hydrogen-bond donors (Lipinski definition) is 0. The van der Waals surface area contributed by atoms with Gasteiger partial charge in [-0.15, -0.1) is 0 Å². The summed E-state index contributed by atoms with van der Waals surface area (Å²) < 4.78 is 12.7. The zero-order chi connectivity index (χ0) is 25.2. The van der Waals surface area contributed by atoms with Crippen LogP contribution in [0.25, 0.3) is 11.0 Å². The van der Waals surface area contributed by atoms with Crippen LogP contribution in [0.2, 0.25) is 0 Å². The van der Waals surface area contributed by atoms with Gasteiger partial charge in [0.25, 0.3) is 17.4 Å². The second kappa shape index (κ2) is 9.77. The van der Waals surface area contributed by atoms with E-state index < -0.39 is 0 Å². The highest BCUT2D eigenvalue weighted by molar-refractivity contribution is 6.20. The number of carbonyl (C=O) groups is 2. The lowest BCUT2D eigenvalue weighted by Crippen LogP contribution is -2.35. The van der Waals surface area contributed by atoms with E-state index in [0.29, 0.717) is 58.9 Å². The summed E-state index contributed by atoms with van der Waals surface area (Å²) in [7, 11) is 0. The Balaban J connectivity index is 1.44. The van der Waals surface area contributed by atoms with Crippen LogP contribution in [0, 0.1) is 0 Å². The Bertz CT molecular complexity index is 1470. The first-order chi connectivity index (χ1) is 17.5. The van der Waals surface area contributed by atoms with Crippen LogP contribution in [0.3, 0.4) is 0 Å². The van der Waals surface area contributed by atoms with Gasteiger partial charge in [-0.25, -0.2) is 9.97 Å². The molecular formula is C27H26N4O5. The molecule has 0 spiro atoms. The summed E-state index contributed by atoms with van der Waals surface area (Å²) in [5.41, 5.74) is 1.88. The number of hydrogen-bond acceptors (Lipinski definition) is 7. The summed E-state index contributed by atoms with van der Waals surface area (Å²) in [5.74, 6) is 1.16. The molecule has 36 heavy (non-hydrogen) atoms. The lowest BCUT2D eigenvalue weighted by atomic mass is 10.1. The van der Waals surface area contributed by atoms with Crippen molar-refractivity contribution in [1.82, 2.24) is 19.4 Å². The van der Waals surface area contributed by atoms with Crippen LogP contribution in [-0.4, -0.2) is 44.6 Å². The number of pyridine rings is 1. The molecule has 3 aromatic rings. The Morgan fingerprint density at radius 3 is 2.69 bits per heavy atom. The van der Waals surface area contributed by atoms with Crippen LogP contribution in [0.1, 0.15) is 31.2 Å². The van der Waals surface area contributed by atoms with Gasteiger partial charge in [-0.1, -0.05) is 38.1 Å². The van der Waals surface area contributed by atoms with E-state index in [4.69, 9.17) is 9.47 Å². The van der Waals surface area contributed by atoms with E-state index in [9.17, 15) is 14.4 Å². The Morgan fingerprint density at radius 1 is 1.03 bits per heavy atom. The molecule has 9 heteroatoms. The minimum absolute atomic E-state index is 0.102. The van der Waals surface area contributed by atoms with Gasteiger partial charge < -0.3 is 9.47 Å². The van der Waals surface area contributed by atoms with Crippen molar-refractivity contribution in [2.75, 3.05) is 13.3 Å². The maximum atomic E-state index is 13.4. The van der Waals surface area contributed by atoms with E-state index in [1.54, 1.807) is 22.9 Å². The zero-order valence-corrected chi connectivity index (χ0v) is 20.0. The molecule has 0 N–H and O–H groups in total. The Kier molecular flexibility index (Phi) is 6.37. The van der Waals surface area contributed by atoms with Crippen LogP contribution < -0.4 is 15.0 Å². The summed E-state index contributed by atoms with van der Waals surface area (Å²) in [4.78, 5) is 49.4. The van der Waals surface area contributed by atoms with Crippen molar-refractivity contribution in [3.05, 3.63) is 82.1 Å². The van der Waals surface area contributed by atoms with E-state index in [2.05, 4.69) is 16.5 Å². The van der Waals surface area contributed by atoms with E-state index in [0.717, 1.165) is 12.0 Å². The molecule has 0 saturated heterocycles. The van der Waals surface area contributed by atoms with E-state index >= 15 is 0 Å². The number of rotatable bonds is 9. The number of imide groups is 1. The number of aromatic nitrogens is 3. The van der Waals surface area contributed by atoms with Crippen LogP contribution >= 0.6 is 0 Å². The third-order valence-electron chi connectivity index (χ3n) is 6.46. The van der Waals surface area contributed by atoms with Crippen molar-refractivity contribution in [2.24, 2.45) is 0 Å². The molecule has 0 saturated carbocycles. The average Bonchev–Trinajstić information content (AvgIpc) is 3.46. The molecule has 2 amide bonds. The monoisotopic (exact) mass is 486 g/mol. The summed E-state index contributed by atoms with van der Waals surface area (Å²) >= 11 is 0. The maximum absolute atomic E-state index is 13.4. The molecule has 2 aliphatic rings. The van der Waals surface area contributed by atoms with Gasteiger partial charge in [-0.3, -0.25) is 23.9 Å². The fourth-order valence-corrected chi connectivity index (χ4v) is 4.70. The first-order valence-corrected chi connectivity index (χ1v) is 12.0. The molecule has 0 unspecified atom stereocenters. The first-order valence-electron chi connectivity index (χ1n) is 12.0. The number of amides is 2. The lowest BCUT2D eigenvalue weighted by Gasteiger charge is -2.18. The lowest BCUT2D eigenvalue weighted by molar-refractivity contribution is -0.137. The maximum Gasteiger partial charge on any atom is 0.263 e. The highest BCUT2D eigenvalue weighted by Crippen LogP contribution is 2.35. The van der Waals surface area contributed by atoms with Crippen molar-refractivity contribution in [3.8, 4) is 11.5 Å². The summed E-state index contributed by atoms with van der Waals surface area (Å²) in [6, 6.07) is 9.06. The average molecular weight is 487 g/mol. The molecule has 0 bridgehead atoms. The number of carbonyl (C=O) groups excluding carboxylic acids is 2. The second-order valence-electron chi connectivity index (χ2n) is 8.62. The van der Waals surface area contributed by atoms with Gasteiger partial charge in [0, 0.05) is 36.9 Å². The standard InChI is InChI=1S/C27H26N4O5/c1-3-7-19-18(4-2)25(32)31(26(19)33)15-12-22-29-24-20(9-6-13-28-24)27(34)30(22)14-11-17-8-5-10-21-23(17)36-16-35-21/h4-6,8-10,13H,2-3,7,11-12,14-16H2,1H3. The number of ether oxygens (including phenoxy) is 2. The summed E-state index contributed by atoms with van der Waals surface area (Å²) in [5, 5.41) is 0.410. The fourth-order valence-electron chi connectivity index (χ4n) is 4.70. The van der Waals surface area contributed by atoms with Crippen LogP contribution in [-0.2, 0) is 29.0 Å². The molecule has 2 aromatic heterocycles. The second-order valence-corrected chi connectivity index (χ2v) is 8.62. The van der Waals surface area contributed by atoms with Gasteiger partial charge in [0.1, 0.15) is 5.82 Å². The first kappa shape index (κ1) is 23.5. The molecule has 4 heterocycles. The van der Waals surface area contributed by atoms with Gasteiger partial charge in [0.15, 0.2) is 17.1 Å². The number of fused-ring (bicyclic) bond motifs is 2. The predicted molar refractivity (Wildman–Crippen MR) is 133 cm³/mol. The number of aryl methyl sites for hydroxylation is 1. The molecule has 0 fully saturated rings. The Hall–Kier alpha value is -4.27. The van der Waals surface area contributed by atoms with Crippen molar-refractivity contribution >= 4 is 22.8 Å². The minimum atomic E-state index is -0.358. The van der Waals surface area contributed by atoms with Crippen LogP contribution in [0.5, 0.6) is 11.5 Å². The molecular weight excluding hydrogens is 460 g/mol. The number of para-hydroxylation sites is 1. The van der Waals surface area contributed by atoms with Gasteiger partial charge >= 0.3 is 0 Å². The molecule has 2 aliphatic heterocycles. The zero-order valence-electron chi connectivity index (χ0n) is 20.0. The Labute approximate surface area is 207 Å². The normalized spacial score (nSPS) is 14.9. The highest BCUT2D eigenvalue weighted by atomic mass is 16.7. The van der Waals surface area contributed by atoms with Gasteiger partial charge in [-0.2, -0.15) is 0 Å². The highest BCUT2D eigenvalue weighted by Gasteiger charge is 2.36. The topological polar surface area (TPSA) is 104 Å². The van der Waals surface area contributed by atoms with E-state index in [1.165, 1.54) is 11.0 Å². The van der Waals surface area contributed by atoms with Crippen molar-refractivity contribution in [3.63, 3.8) is 0 Å². The summed E-state index contributed by atoms with van der Waals surface area (Å²) in [6.07, 6.45) is 5.02. The predicted octanol–water partition coefficient (Wildman–Crippen LogP) is 2.96. The van der Waals surface area contributed by atoms with E-state index in [-0.39, 0.29) is 37.1 Å². The van der Waals surface area contributed by atoms with Crippen molar-refractivity contribution < 1.29 is 19.1 Å². The van der Waals surface area contributed by atoms with Gasteiger partial charge in [-0.05, 0) is 36.6 Å². The summed E-state index contributed by atoms with van der Waals surface area (Å²) in [6.45, 7) is 6.27. The third kappa shape index (κ3) is 4.06. The minimum Gasteiger partial charge on any atom is -0.454 e. The molecule has 184 valence electrons. The molecule has 0 radical (unpaired) electrons. The quantitative estimate of drug-likeness (QED) is 0.428. The van der Waals surface area contributed by atoms with Crippen LogP contribution in [0.4, 0.5) is 0 Å². The molecule has 9 nitrogen and oxygen atoms in total. The van der Waals surface area contributed by atoms with Crippen LogP contribution in [0.15, 0.2) is 65.1 Å². The molecule has 0 aliphatic carbocycles. The fraction of sp³-hybridized carbons (Fsp3) is 0.296. The van der Waals surface area contributed by atoms with Gasteiger partial charge in [0.05, 0.1) is 5.39 Å². The SMILES string of the molecule is C=CC1=C(CCC)C(=O)N(CCc2nc3ncccc3c(=O)n2CCc2cccc3c2OCO3)C1=O. The largest absolute Gasteiger partial charge is 0.454 e. The Morgan fingerprint density at radius 2 is 1.89 bits per heavy atom. The van der Waals surface area contributed by atoms with Crippen molar-refractivity contribution in [2.45, 2.75) is 39.2 Å². The smallest absolute Gasteiger partial charge is 0.263 e. The molecule has 1 aromatic carbocycles.